The summed E-state index contributed by atoms with van der Waals surface area (Å²) in [4.78, 5) is 17.9. The van der Waals surface area contributed by atoms with Crippen molar-refractivity contribution in [3.05, 3.63) is 35.4 Å². The number of hydrogen-bond acceptors (Lipinski definition) is 5. The van der Waals surface area contributed by atoms with E-state index in [-0.39, 0.29) is 23.4 Å². The summed E-state index contributed by atoms with van der Waals surface area (Å²) in [6.07, 6.45) is 5.95. The number of ether oxygens (including phenoxy) is 2. The maximum Gasteiger partial charge on any atom is 0.310 e. The fraction of sp³-hybridized carbons (Fsp3) is 0.667. The summed E-state index contributed by atoms with van der Waals surface area (Å²) in [5, 5.41) is 0. The number of piperazine rings is 1. The first-order chi connectivity index (χ1) is 15.4. The van der Waals surface area contributed by atoms with E-state index in [0.29, 0.717) is 12.0 Å². The van der Waals surface area contributed by atoms with Crippen LogP contribution in [0.25, 0.3) is 0 Å². The van der Waals surface area contributed by atoms with Crippen molar-refractivity contribution in [3.8, 4) is 5.75 Å². The van der Waals surface area contributed by atoms with Crippen LogP contribution < -0.4 is 9.64 Å². The molecule has 4 aliphatic rings. The van der Waals surface area contributed by atoms with Gasteiger partial charge in [0.1, 0.15) is 11.9 Å². The molecule has 2 heterocycles. The Kier molecular flexibility index (Phi) is 5.73. The SMILES string of the molecule is COc1ccc(N2CCN(C[C@@H]3C(=O)O[C@@H]4C[C@@]5(C)CCCC(C)=C5C[C@@H]34)C[C@@H]2C)cc1. The Hall–Kier alpha value is -2.01. The first kappa shape index (κ1) is 21.8. The van der Waals surface area contributed by atoms with E-state index in [9.17, 15) is 4.79 Å². The number of esters is 1. The van der Waals surface area contributed by atoms with Crippen LogP contribution in [0.2, 0.25) is 0 Å². The molecule has 0 aromatic heterocycles. The maximum atomic E-state index is 12.9. The Morgan fingerprint density at radius 3 is 2.72 bits per heavy atom. The lowest BCUT2D eigenvalue weighted by Crippen LogP contribution is -2.53. The molecular formula is C27H38N2O3. The molecule has 174 valence electrons. The minimum Gasteiger partial charge on any atom is -0.497 e. The van der Waals surface area contributed by atoms with Gasteiger partial charge in [-0.15, -0.1) is 0 Å². The summed E-state index contributed by atoms with van der Waals surface area (Å²) in [5.41, 5.74) is 4.71. The number of allylic oxidation sites excluding steroid dienone is 2. The van der Waals surface area contributed by atoms with Crippen LogP contribution in [0.1, 0.15) is 52.9 Å². The van der Waals surface area contributed by atoms with Crippen LogP contribution in [0.15, 0.2) is 35.4 Å². The van der Waals surface area contributed by atoms with E-state index < -0.39 is 0 Å². The zero-order chi connectivity index (χ0) is 22.5. The molecule has 0 spiro atoms. The minimum absolute atomic E-state index is 0.0199. The van der Waals surface area contributed by atoms with Crippen LogP contribution in [-0.2, 0) is 9.53 Å². The molecule has 1 aromatic rings. The van der Waals surface area contributed by atoms with Crippen LogP contribution in [0, 0.1) is 17.3 Å². The third-order valence-corrected chi connectivity index (χ3v) is 8.75. The van der Waals surface area contributed by atoms with Gasteiger partial charge in [-0.25, -0.2) is 0 Å². The average molecular weight is 439 g/mol. The summed E-state index contributed by atoms with van der Waals surface area (Å²) < 4.78 is 11.3. The maximum absolute atomic E-state index is 12.9. The van der Waals surface area contributed by atoms with Crippen molar-refractivity contribution < 1.29 is 14.3 Å². The molecular weight excluding hydrogens is 400 g/mol. The molecule has 0 amide bonds. The van der Waals surface area contributed by atoms with E-state index in [1.54, 1.807) is 18.3 Å². The number of rotatable bonds is 4. The molecule has 1 saturated carbocycles. The van der Waals surface area contributed by atoms with Gasteiger partial charge in [0.2, 0.25) is 0 Å². The van der Waals surface area contributed by atoms with Crippen molar-refractivity contribution >= 4 is 11.7 Å². The third kappa shape index (κ3) is 3.83. The van der Waals surface area contributed by atoms with Crippen LogP contribution in [0.3, 0.4) is 0 Å². The number of fused-ring (bicyclic) bond motifs is 2. The van der Waals surface area contributed by atoms with Gasteiger partial charge in [0.25, 0.3) is 0 Å². The lowest BCUT2D eigenvalue weighted by molar-refractivity contribution is -0.145. The lowest BCUT2D eigenvalue weighted by Gasteiger charge is -2.46. The highest BCUT2D eigenvalue weighted by Crippen LogP contribution is 2.55. The number of benzene rings is 1. The Labute approximate surface area is 192 Å². The van der Waals surface area contributed by atoms with Gasteiger partial charge >= 0.3 is 5.97 Å². The second kappa shape index (κ2) is 8.40. The summed E-state index contributed by atoms with van der Waals surface area (Å²) in [6.45, 7) is 10.8. The normalized spacial score (nSPS) is 35.4. The zero-order valence-corrected chi connectivity index (χ0v) is 20.1. The number of carbonyl (C=O) groups excluding carboxylic acids is 1. The molecule has 0 radical (unpaired) electrons. The summed E-state index contributed by atoms with van der Waals surface area (Å²) >= 11 is 0. The fourth-order valence-electron chi connectivity index (χ4n) is 6.96. The van der Waals surface area contributed by atoms with Gasteiger partial charge in [-0.2, -0.15) is 0 Å². The minimum atomic E-state index is 0.0199. The monoisotopic (exact) mass is 438 g/mol. The summed E-state index contributed by atoms with van der Waals surface area (Å²) in [7, 11) is 1.70. The highest BCUT2D eigenvalue weighted by Gasteiger charge is 2.53. The highest BCUT2D eigenvalue weighted by molar-refractivity contribution is 5.76. The van der Waals surface area contributed by atoms with Gasteiger partial charge in [0.05, 0.1) is 13.0 Å². The van der Waals surface area contributed by atoms with Crippen molar-refractivity contribution in [1.82, 2.24) is 4.90 Å². The molecule has 1 aromatic carbocycles. The summed E-state index contributed by atoms with van der Waals surface area (Å²) in [5.74, 6) is 1.31. The lowest BCUT2D eigenvalue weighted by atomic mass is 9.59. The topological polar surface area (TPSA) is 42.0 Å². The molecule has 3 fully saturated rings. The van der Waals surface area contributed by atoms with Crippen LogP contribution in [0.5, 0.6) is 5.75 Å². The standard InChI is InChI=1S/C27H38N2O3/c1-18-6-5-11-27(3)15-25-22(14-24(18)27)23(26(30)32-25)17-28-12-13-29(19(2)16-28)20-7-9-21(31-4)10-8-20/h7-10,19,22-23,25H,5-6,11-17H2,1-4H3/t19-,22-,23-,25+,27+/m0/s1. The predicted octanol–water partition coefficient (Wildman–Crippen LogP) is 4.66. The number of methoxy groups -OCH3 is 1. The second-order valence-corrected chi connectivity index (χ2v) is 10.8. The quantitative estimate of drug-likeness (QED) is 0.505. The van der Waals surface area contributed by atoms with Crippen molar-refractivity contribution in [3.63, 3.8) is 0 Å². The number of carbonyl (C=O) groups is 1. The first-order valence-corrected chi connectivity index (χ1v) is 12.4. The zero-order valence-electron chi connectivity index (χ0n) is 20.1. The number of anilines is 1. The Morgan fingerprint density at radius 2 is 2.00 bits per heavy atom. The van der Waals surface area contributed by atoms with Gasteiger partial charge in [-0.1, -0.05) is 18.1 Å². The molecule has 5 nitrogen and oxygen atoms in total. The molecule has 2 aliphatic heterocycles. The van der Waals surface area contributed by atoms with Gasteiger partial charge < -0.3 is 14.4 Å². The van der Waals surface area contributed by atoms with Gasteiger partial charge in [-0.3, -0.25) is 9.69 Å². The first-order valence-electron chi connectivity index (χ1n) is 12.4. The molecule has 2 saturated heterocycles. The van der Waals surface area contributed by atoms with Crippen LogP contribution in [0.4, 0.5) is 5.69 Å². The van der Waals surface area contributed by atoms with E-state index in [4.69, 9.17) is 9.47 Å². The molecule has 2 aliphatic carbocycles. The van der Waals surface area contributed by atoms with E-state index in [1.165, 1.54) is 24.9 Å². The molecule has 0 unspecified atom stereocenters. The fourth-order valence-corrected chi connectivity index (χ4v) is 6.96. The van der Waals surface area contributed by atoms with Crippen molar-refractivity contribution in [2.24, 2.45) is 17.3 Å². The Morgan fingerprint density at radius 1 is 1.22 bits per heavy atom. The van der Waals surface area contributed by atoms with Crippen molar-refractivity contribution in [2.75, 3.05) is 38.2 Å². The number of nitrogens with zero attached hydrogens (tertiary/aromatic N) is 2. The highest BCUT2D eigenvalue weighted by atomic mass is 16.6. The summed E-state index contributed by atoms with van der Waals surface area (Å²) in [6, 6.07) is 8.75. The molecule has 32 heavy (non-hydrogen) atoms. The Balaban J connectivity index is 1.25. The molecule has 0 N–H and O–H groups in total. The van der Waals surface area contributed by atoms with E-state index in [0.717, 1.165) is 44.8 Å². The largest absolute Gasteiger partial charge is 0.497 e. The average Bonchev–Trinajstić information content (AvgIpc) is 3.06. The Bertz CT molecular complexity index is 895. The van der Waals surface area contributed by atoms with Crippen molar-refractivity contribution in [1.29, 1.82) is 0 Å². The van der Waals surface area contributed by atoms with E-state index in [1.807, 2.05) is 12.1 Å². The van der Waals surface area contributed by atoms with Gasteiger partial charge in [0, 0.05) is 43.8 Å². The van der Waals surface area contributed by atoms with Crippen LogP contribution >= 0.6 is 0 Å². The smallest absolute Gasteiger partial charge is 0.310 e. The molecule has 5 heteroatoms. The van der Waals surface area contributed by atoms with Crippen molar-refractivity contribution in [2.45, 2.75) is 65.0 Å². The van der Waals surface area contributed by atoms with Gasteiger partial charge in [0.15, 0.2) is 0 Å². The molecule has 0 bridgehead atoms. The van der Waals surface area contributed by atoms with Gasteiger partial charge in [-0.05, 0) is 75.6 Å². The van der Waals surface area contributed by atoms with E-state index in [2.05, 4.69) is 42.7 Å². The van der Waals surface area contributed by atoms with Crippen LogP contribution in [-0.4, -0.2) is 56.3 Å². The molecule has 5 atom stereocenters. The molecule has 5 rings (SSSR count). The predicted molar refractivity (Wildman–Crippen MR) is 127 cm³/mol. The number of hydrogen-bond donors (Lipinski definition) is 0. The third-order valence-electron chi connectivity index (χ3n) is 8.75. The van der Waals surface area contributed by atoms with E-state index >= 15 is 0 Å². The second-order valence-electron chi connectivity index (χ2n) is 10.8.